The zero-order chi connectivity index (χ0) is 15.2. The number of hydrogen-bond acceptors (Lipinski definition) is 5. The molecule has 2 atom stereocenters. The molecule has 6 heteroatoms. The zero-order valence-corrected chi connectivity index (χ0v) is 13.1. The molecule has 1 N–H and O–H groups in total. The predicted molar refractivity (Wildman–Crippen MR) is 77.9 cm³/mol. The fourth-order valence-electron chi connectivity index (χ4n) is 2.42. The van der Waals surface area contributed by atoms with E-state index in [2.05, 4.69) is 15.5 Å². The molecule has 1 aromatic heterocycles. The maximum absolute atomic E-state index is 11.9. The van der Waals surface area contributed by atoms with Crippen molar-refractivity contribution < 1.29 is 14.1 Å². The molecular formula is C15H25N3O3. The average molecular weight is 295 g/mol. The minimum absolute atomic E-state index is 0.0570. The molecule has 2 rings (SSSR count). The number of ether oxygens (including phenoxy) is 1. The highest BCUT2D eigenvalue weighted by Crippen LogP contribution is 2.15. The van der Waals surface area contributed by atoms with E-state index in [0.29, 0.717) is 25.2 Å². The Hall–Kier alpha value is -1.43. The van der Waals surface area contributed by atoms with Gasteiger partial charge >= 0.3 is 0 Å². The summed E-state index contributed by atoms with van der Waals surface area (Å²) in [6, 6.07) is 0.0796. The van der Waals surface area contributed by atoms with Gasteiger partial charge in [0, 0.05) is 25.4 Å². The van der Waals surface area contributed by atoms with Gasteiger partial charge in [-0.15, -0.1) is 0 Å². The van der Waals surface area contributed by atoms with Gasteiger partial charge in [-0.05, 0) is 26.2 Å². The predicted octanol–water partition coefficient (Wildman–Crippen LogP) is 2.20. The summed E-state index contributed by atoms with van der Waals surface area (Å²) in [6.45, 7) is 6.85. The molecule has 6 nitrogen and oxygen atoms in total. The molecule has 0 bridgehead atoms. The number of nitrogens with zero attached hydrogens (tertiary/aromatic N) is 2. The van der Waals surface area contributed by atoms with E-state index in [4.69, 9.17) is 9.26 Å². The number of rotatable bonds is 7. The summed E-state index contributed by atoms with van der Waals surface area (Å²) in [5.41, 5.74) is 0. The first-order valence-corrected chi connectivity index (χ1v) is 7.79. The van der Waals surface area contributed by atoms with Crippen molar-refractivity contribution >= 4 is 5.91 Å². The fraction of sp³-hybridized carbons (Fsp3) is 0.800. The van der Waals surface area contributed by atoms with Crippen LogP contribution < -0.4 is 5.32 Å². The molecule has 0 spiro atoms. The Morgan fingerprint density at radius 2 is 2.24 bits per heavy atom. The molecule has 1 saturated heterocycles. The zero-order valence-electron chi connectivity index (χ0n) is 13.1. The molecule has 1 aliphatic rings. The molecular weight excluding hydrogens is 270 g/mol. The molecule has 0 saturated carbocycles. The van der Waals surface area contributed by atoms with E-state index in [1.54, 1.807) is 0 Å². The number of nitrogens with one attached hydrogen (secondary N) is 1. The van der Waals surface area contributed by atoms with Gasteiger partial charge < -0.3 is 14.6 Å². The summed E-state index contributed by atoms with van der Waals surface area (Å²) in [5.74, 6) is 1.65. The molecule has 0 unspecified atom stereocenters. The van der Waals surface area contributed by atoms with Crippen molar-refractivity contribution in [2.45, 2.75) is 70.9 Å². The monoisotopic (exact) mass is 295 g/mol. The highest BCUT2D eigenvalue weighted by atomic mass is 16.5. The van der Waals surface area contributed by atoms with Crippen molar-refractivity contribution in [1.82, 2.24) is 15.5 Å². The Balaban J connectivity index is 1.66. The molecule has 1 aliphatic heterocycles. The van der Waals surface area contributed by atoms with Gasteiger partial charge in [-0.1, -0.05) is 19.0 Å². The standard InChI is InChI=1S/C15H25N3O3/c1-10(2)15-17-14(21-18-15)8-4-7-13(19)16-11(3)12-6-5-9-20-12/h10-12H,4-9H2,1-3H3,(H,16,19)/t11-,12-/m1/s1. The van der Waals surface area contributed by atoms with E-state index in [1.807, 2.05) is 20.8 Å². The van der Waals surface area contributed by atoms with Gasteiger partial charge in [0.2, 0.25) is 11.8 Å². The summed E-state index contributed by atoms with van der Waals surface area (Å²) in [7, 11) is 0. The summed E-state index contributed by atoms with van der Waals surface area (Å²) in [4.78, 5) is 16.2. The van der Waals surface area contributed by atoms with Crippen LogP contribution in [0, 0.1) is 0 Å². The Bertz CT molecular complexity index is 453. The lowest BCUT2D eigenvalue weighted by Crippen LogP contribution is -2.40. The van der Waals surface area contributed by atoms with Crippen molar-refractivity contribution in [3.8, 4) is 0 Å². The maximum Gasteiger partial charge on any atom is 0.226 e. The van der Waals surface area contributed by atoms with Crippen LogP contribution in [0.4, 0.5) is 0 Å². The first-order valence-electron chi connectivity index (χ1n) is 7.79. The number of hydrogen-bond donors (Lipinski definition) is 1. The molecule has 2 heterocycles. The summed E-state index contributed by atoms with van der Waals surface area (Å²) >= 11 is 0. The van der Waals surface area contributed by atoms with Gasteiger partial charge in [-0.25, -0.2) is 0 Å². The smallest absolute Gasteiger partial charge is 0.226 e. The topological polar surface area (TPSA) is 77.2 Å². The van der Waals surface area contributed by atoms with Gasteiger partial charge in [-0.2, -0.15) is 4.98 Å². The van der Waals surface area contributed by atoms with Gasteiger partial charge in [0.1, 0.15) is 0 Å². The third-order valence-corrected chi connectivity index (χ3v) is 3.71. The van der Waals surface area contributed by atoms with Gasteiger partial charge in [0.15, 0.2) is 5.82 Å². The van der Waals surface area contributed by atoms with E-state index < -0.39 is 0 Å². The van der Waals surface area contributed by atoms with Crippen molar-refractivity contribution in [3.63, 3.8) is 0 Å². The minimum Gasteiger partial charge on any atom is -0.376 e. The molecule has 1 aromatic rings. The number of carbonyl (C=O) groups excluding carboxylic acids is 1. The van der Waals surface area contributed by atoms with Crippen molar-refractivity contribution in [2.75, 3.05) is 6.61 Å². The molecule has 118 valence electrons. The fourth-order valence-corrected chi connectivity index (χ4v) is 2.42. The first kappa shape index (κ1) is 15.9. The highest BCUT2D eigenvalue weighted by molar-refractivity contribution is 5.76. The van der Waals surface area contributed by atoms with Crippen LogP contribution in [0.3, 0.4) is 0 Å². The van der Waals surface area contributed by atoms with Crippen LogP contribution >= 0.6 is 0 Å². The van der Waals surface area contributed by atoms with Crippen LogP contribution in [0.15, 0.2) is 4.52 Å². The third kappa shape index (κ3) is 4.81. The number of aromatic nitrogens is 2. The van der Waals surface area contributed by atoms with E-state index >= 15 is 0 Å². The van der Waals surface area contributed by atoms with Gasteiger partial charge in [0.05, 0.1) is 12.1 Å². The quantitative estimate of drug-likeness (QED) is 0.834. The third-order valence-electron chi connectivity index (χ3n) is 3.71. The van der Waals surface area contributed by atoms with Gasteiger partial charge in [-0.3, -0.25) is 4.79 Å². The van der Waals surface area contributed by atoms with E-state index in [9.17, 15) is 4.79 Å². The Kier molecular flexibility index (Phi) is 5.73. The maximum atomic E-state index is 11.9. The van der Waals surface area contributed by atoms with Crippen LogP contribution in [0.25, 0.3) is 0 Å². The summed E-state index contributed by atoms with van der Waals surface area (Å²) in [6.07, 6.45) is 4.10. The second kappa shape index (κ2) is 7.54. The Morgan fingerprint density at radius 1 is 1.43 bits per heavy atom. The Morgan fingerprint density at radius 3 is 2.86 bits per heavy atom. The average Bonchev–Trinajstić information content (AvgIpc) is 3.10. The van der Waals surface area contributed by atoms with Crippen molar-refractivity contribution in [1.29, 1.82) is 0 Å². The summed E-state index contributed by atoms with van der Waals surface area (Å²) in [5, 5.41) is 6.91. The number of carbonyl (C=O) groups is 1. The summed E-state index contributed by atoms with van der Waals surface area (Å²) < 4.78 is 10.7. The van der Waals surface area contributed by atoms with Crippen LogP contribution in [-0.4, -0.2) is 34.8 Å². The second-order valence-corrected chi connectivity index (χ2v) is 5.96. The SMILES string of the molecule is CC(C)c1noc(CCCC(=O)N[C@H](C)[C@H]2CCCO2)n1. The highest BCUT2D eigenvalue weighted by Gasteiger charge is 2.23. The van der Waals surface area contributed by atoms with E-state index in [-0.39, 0.29) is 24.0 Å². The normalized spacial score (nSPS) is 19.9. The lowest BCUT2D eigenvalue weighted by molar-refractivity contribution is -0.122. The second-order valence-electron chi connectivity index (χ2n) is 5.96. The molecule has 1 fully saturated rings. The van der Waals surface area contributed by atoms with Crippen LogP contribution in [-0.2, 0) is 16.0 Å². The molecule has 0 aromatic carbocycles. The van der Waals surface area contributed by atoms with Crippen LogP contribution in [0.2, 0.25) is 0 Å². The van der Waals surface area contributed by atoms with Crippen LogP contribution in [0.1, 0.15) is 64.1 Å². The minimum atomic E-state index is 0.0570. The molecule has 1 amide bonds. The molecule has 21 heavy (non-hydrogen) atoms. The molecule has 0 aliphatic carbocycles. The molecule has 0 radical (unpaired) electrons. The number of amides is 1. The largest absolute Gasteiger partial charge is 0.376 e. The van der Waals surface area contributed by atoms with E-state index in [0.717, 1.165) is 25.3 Å². The lowest BCUT2D eigenvalue weighted by Gasteiger charge is -2.19. The van der Waals surface area contributed by atoms with E-state index in [1.165, 1.54) is 0 Å². The van der Waals surface area contributed by atoms with Crippen LogP contribution in [0.5, 0.6) is 0 Å². The first-order chi connectivity index (χ1) is 10.1. The lowest BCUT2D eigenvalue weighted by atomic mass is 10.1. The number of aryl methyl sites for hydroxylation is 1. The van der Waals surface area contributed by atoms with Crippen molar-refractivity contribution in [2.24, 2.45) is 0 Å². The van der Waals surface area contributed by atoms with Crippen molar-refractivity contribution in [3.05, 3.63) is 11.7 Å². The Labute approximate surface area is 125 Å². The van der Waals surface area contributed by atoms with Gasteiger partial charge in [0.25, 0.3) is 0 Å².